The number of hydrogen-bond acceptors (Lipinski definition) is 2. The highest BCUT2D eigenvalue weighted by molar-refractivity contribution is 7.79. The van der Waals surface area contributed by atoms with Gasteiger partial charge in [0.15, 0.2) is 7.28 Å². The first kappa shape index (κ1) is 27.6. The molecule has 1 radical (unpaired) electrons. The van der Waals surface area contributed by atoms with Gasteiger partial charge in [0.25, 0.3) is 0 Å². The van der Waals surface area contributed by atoms with Crippen LogP contribution in [0.5, 0.6) is 0 Å². The molecule has 0 heterocycles. The van der Waals surface area contributed by atoms with Gasteiger partial charge in [0.1, 0.15) is 0 Å². The number of unbranched alkanes of at least 4 members (excludes halogenated alkanes) is 3. The smallest absolute Gasteiger partial charge is 0.151 e. The molecule has 2 rings (SSSR count). The van der Waals surface area contributed by atoms with E-state index < -0.39 is 0 Å². The van der Waals surface area contributed by atoms with Crippen LogP contribution >= 0.6 is 12.2 Å². The molecule has 0 amide bonds. The summed E-state index contributed by atoms with van der Waals surface area (Å²) >= 11 is 5.05. The van der Waals surface area contributed by atoms with E-state index in [1.54, 1.807) is 5.37 Å². The van der Waals surface area contributed by atoms with Crippen molar-refractivity contribution in [3.8, 4) is 0 Å². The Morgan fingerprint density at radius 3 is 2.41 bits per heavy atom. The van der Waals surface area contributed by atoms with Gasteiger partial charge in [0.05, 0.1) is 0 Å². The lowest BCUT2D eigenvalue weighted by Gasteiger charge is -2.18. The van der Waals surface area contributed by atoms with E-state index in [0.717, 1.165) is 36.1 Å². The molecule has 0 atom stereocenters. The van der Waals surface area contributed by atoms with Crippen molar-refractivity contribution >= 4 is 42.0 Å². The minimum absolute atomic E-state index is 0.843. The Bertz CT molecular complexity index is 1020. The molecule has 0 aliphatic carbocycles. The average Bonchev–Trinajstić information content (AvgIpc) is 2.84. The van der Waals surface area contributed by atoms with Crippen LogP contribution in [0.25, 0.3) is 11.6 Å². The Hall–Kier alpha value is -2.65. The van der Waals surface area contributed by atoms with Gasteiger partial charge < -0.3 is 4.90 Å². The van der Waals surface area contributed by atoms with E-state index in [2.05, 4.69) is 94.4 Å². The highest BCUT2D eigenvalue weighted by Crippen LogP contribution is 2.21. The number of thiocarbonyl (C=S) groups is 1. The highest BCUT2D eigenvalue weighted by Gasteiger charge is 2.05. The van der Waals surface area contributed by atoms with E-state index in [9.17, 15) is 0 Å². The molecule has 0 aliphatic heterocycles. The van der Waals surface area contributed by atoms with E-state index in [4.69, 9.17) is 12.2 Å². The van der Waals surface area contributed by atoms with Gasteiger partial charge in [-0.15, -0.1) is 0 Å². The summed E-state index contributed by atoms with van der Waals surface area (Å²) in [6.07, 6.45) is 10.9. The molecule has 34 heavy (non-hydrogen) atoms. The number of benzene rings is 2. The molecule has 3 heteroatoms. The van der Waals surface area contributed by atoms with E-state index in [1.165, 1.54) is 53.4 Å². The maximum atomic E-state index is 5.05. The number of rotatable bonds is 15. The summed E-state index contributed by atoms with van der Waals surface area (Å²) in [5.41, 5.74) is 9.49. The number of aryl methyl sites for hydroxylation is 1. The maximum Gasteiger partial charge on any atom is 0.151 e. The lowest BCUT2D eigenvalue weighted by atomic mass is 9.66. The Labute approximate surface area is 214 Å². The largest absolute Gasteiger partial charge is 0.375 e. The third-order valence-electron chi connectivity index (χ3n) is 6.20. The molecule has 0 aliphatic rings. The van der Waals surface area contributed by atoms with Crippen molar-refractivity contribution in [2.45, 2.75) is 52.3 Å². The van der Waals surface area contributed by atoms with Crippen molar-refractivity contribution in [1.29, 1.82) is 0 Å². The fourth-order valence-corrected chi connectivity index (χ4v) is 3.92. The first-order valence-electron chi connectivity index (χ1n) is 12.2. The van der Waals surface area contributed by atoms with Crippen LogP contribution in [0.15, 0.2) is 79.5 Å². The van der Waals surface area contributed by atoms with Gasteiger partial charge in [-0.1, -0.05) is 112 Å². The van der Waals surface area contributed by atoms with Gasteiger partial charge in [0, 0.05) is 24.7 Å². The van der Waals surface area contributed by atoms with Crippen LogP contribution in [-0.2, 0) is 6.42 Å². The maximum absolute atomic E-state index is 5.05. The van der Waals surface area contributed by atoms with Crippen LogP contribution in [0.4, 0.5) is 0 Å². The summed E-state index contributed by atoms with van der Waals surface area (Å²) in [6.45, 7) is 17.3. The fourth-order valence-electron chi connectivity index (χ4n) is 3.85. The zero-order valence-corrected chi connectivity index (χ0v) is 22.1. The predicted molar refractivity (Wildman–Crippen MR) is 158 cm³/mol. The zero-order valence-electron chi connectivity index (χ0n) is 21.3. The second kappa shape index (κ2) is 14.6. The van der Waals surface area contributed by atoms with Gasteiger partial charge in [-0.25, -0.2) is 0 Å². The minimum Gasteiger partial charge on any atom is -0.375 e. The van der Waals surface area contributed by atoms with Crippen LogP contribution < -0.4 is 5.46 Å². The molecule has 0 spiro atoms. The minimum atomic E-state index is 0.843. The SMILES string of the molecule is C=CC(=C)N(C)CCCCCC[B]c1ccc(C(=C)Cc2ccc(C)c(/C=C(\C)C=S)c2)cc1. The van der Waals surface area contributed by atoms with Crippen LogP contribution in [-0.4, -0.2) is 31.1 Å². The third-order valence-corrected chi connectivity index (χ3v) is 6.57. The Balaban J connectivity index is 1.77. The summed E-state index contributed by atoms with van der Waals surface area (Å²) in [4.78, 5) is 2.17. The molecule has 177 valence electrons. The number of allylic oxidation sites excluding steroid dienone is 3. The van der Waals surface area contributed by atoms with Gasteiger partial charge in [0.2, 0.25) is 0 Å². The molecule has 2 aromatic carbocycles. The van der Waals surface area contributed by atoms with E-state index in [1.807, 2.05) is 13.0 Å². The van der Waals surface area contributed by atoms with Gasteiger partial charge >= 0.3 is 0 Å². The molecule has 0 saturated carbocycles. The molecule has 0 saturated heterocycles. The van der Waals surface area contributed by atoms with Crippen LogP contribution in [0, 0.1) is 6.92 Å². The zero-order chi connectivity index (χ0) is 24.9. The summed E-state index contributed by atoms with van der Waals surface area (Å²) in [7, 11) is 4.42. The highest BCUT2D eigenvalue weighted by atomic mass is 32.1. The Morgan fingerprint density at radius 1 is 1.03 bits per heavy atom. The molecule has 0 N–H and O–H groups in total. The van der Waals surface area contributed by atoms with E-state index in [-0.39, 0.29) is 0 Å². The van der Waals surface area contributed by atoms with Crippen molar-refractivity contribution < 1.29 is 0 Å². The lowest BCUT2D eigenvalue weighted by molar-refractivity contribution is 0.411. The number of likely N-dealkylation sites (N-methyl/N-ethyl adjacent to an activating group) is 1. The van der Waals surface area contributed by atoms with E-state index in [0.29, 0.717) is 0 Å². The second-order valence-corrected chi connectivity index (χ2v) is 9.36. The summed E-state index contributed by atoms with van der Waals surface area (Å²) in [5, 5.41) is 1.73. The average molecular weight is 469 g/mol. The molecular weight excluding hydrogens is 429 g/mol. The van der Waals surface area contributed by atoms with Gasteiger partial charge in [-0.05, 0) is 66.2 Å². The lowest BCUT2D eigenvalue weighted by Crippen LogP contribution is -2.17. The Kier molecular flexibility index (Phi) is 11.8. The monoisotopic (exact) mass is 468 g/mol. The van der Waals surface area contributed by atoms with Crippen molar-refractivity contribution in [1.82, 2.24) is 4.90 Å². The van der Waals surface area contributed by atoms with Crippen LogP contribution in [0.3, 0.4) is 0 Å². The first-order valence-corrected chi connectivity index (χ1v) is 12.7. The standard InChI is InChI=1S/C31H39BNS/c1-7-27(5)33(6)19-11-9-8-10-18-32-31-16-14-29(15-17-31)26(4)21-28-13-12-25(3)30(22-28)20-24(2)23-34/h7,12-17,20,22-23H,1,4-5,8-11,18-19,21H2,2-3,6H3/b24-20+. The fraction of sp³-hybridized carbons (Fsp3) is 0.323. The molecule has 1 nitrogen and oxygen atoms in total. The Morgan fingerprint density at radius 2 is 1.74 bits per heavy atom. The summed E-state index contributed by atoms with van der Waals surface area (Å²) in [5.74, 6) is 0. The second-order valence-electron chi connectivity index (χ2n) is 9.12. The number of hydrogen-bond donors (Lipinski definition) is 0. The van der Waals surface area contributed by atoms with Crippen LogP contribution in [0.2, 0.25) is 6.32 Å². The van der Waals surface area contributed by atoms with Crippen molar-refractivity contribution in [2.24, 2.45) is 0 Å². The summed E-state index contributed by atoms with van der Waals surface area (Å²) < 4.78 is 0. The van der Waals surface area contributed by atoms with Crippen molar-refractivity contribution in [3.63, 3.8) is 0 Å². The van der Waals surface area contributed by atoms with Gasteiger partial charge in [-0.2, -0.15) is 0 Å². The van der Waals surface area contributed by atoms with Crippen LogP contribution in [0.1, 0.15) is 54.9 Å². The molecule has 0 bridgehead atoms. The quantitative estimate of drug-likeness (QED) is 0.0871. The first-order chi connectivity index (χ1) is 16.3. The van der Waals surface area contributed by atoms with Crippen molar-refractivity contribution in [3.05, 3.63) is 102 Å². The predicted octanol–water partition coefficient (Wildman–Crippen LogP) is 7.59. The molecule has 0 unspecified atom stereocenters. The summed E-state index contributed by atoms with van der Waals surface area (Å²) in [6, 6.07) is 15.4. The van der Waals surface area contributed by atoms with Gasteiger partial charge in [-0.3, -0.25) is 0 Å². The molecular formula is C31H39BNS. The topological polar surface area (TPSA) is 3.24 Å². The number of nitrogens with zero attached hydrogens (tertiary/aromatic N) is 1. The third kappa shape index (κ3) is 9.31. The normalized spacial score (nSPS) is 11.1. The van der Waals surface area contributed by atoms with E-state index >= 15 is 0 Å². The van der Waals surface area contributed by atoms with Crippen molar-refractivity contribution in [2.75, 3.05) is 13.6 Å². The molecule has 0 fully saturated rings. The molecule has 0 aromatic heterocycles. The molecule has 2 aromatic rings.